The molecule has 0 bridgehead atoms. The van der Waals surface area contributed by atoms with E-state index in [0.717, 1.165) is 22.2 Å². The average Bonchev–Trinajstić information content (AvgIpc) is 3.24. The van der Waals surface area contributed by atoms with E-state index in [-0.39, 0.29) is 0 Å². The Morgan fingerprint density at radius 2 is 1.91 bits per heavy atom. The summed E-state index contributed by atoms with van der Waals surface area (Å²) in [7, 11) is 0. The van der Waals surface area contributed by atoms with Crippen LogP contribution in [-0.2, 0) is 6.42 Å². The van der Waals surface area contributed by atoms with Crippen LogP contribution in [0.4, 0.5) is 0 Å². The van der Waals surface area contributed by atoms with Gasteiger partial charge in [0.25, 0.3) is 0 Å². The summed E-state index contributed by atoms with van der Waals surface area (Å²) in [6, 6.07) is 20.5. The third kappa shape index (κ3) is 2.39. The molecule has 0 aliphatic rings. The maximum absolute atomic E-state index is 9.36. The third-order valence-corrected chi connectivity index (χ3v) is 4.66. The smallest absolute Gasteiger partial charge is 0.186 e. The molecule has 0 radical (unpaired) electrons. The van der Waals surface area contributed by atoms with E-state index in [1.54, 1.807) is 16.0 Å². The third-order valence-electron chi connectivity index (χ3n) is 3.79. The van der Waals surface area contributed by atoms with Crippen LogP contribution < -0.4 is 0 Å². The monoisotopic (exact) mass is 316 g/mol. The van der Waals surface area contributed by atoms with Crippen LogP contribution in [0.15, 0.2) is 60.0 Å². The van der Waals surface area contributed by atoms with Crippen LogP contribution in [0.2, 0.25) is 0 Å². The molecule has 0 amide bonds. The number of hydrogen-bond acceptors (Lipinski definition) is 4. The van der Waals surface area contributed by atoms with Crippen molar-refractivity contribution in [1.29, 1.82) is 5.26 Å². The SMILES string of the molecule is N#Cc1nnn(-c2cccc3ccccc23)c1Cc1cccs1. The molecule has 0 fully saturated rings. The van der Waals surface area contributed by atoms with Gasteiger partial charge < -0.3 is 0 Å². The molecule has 2 heterocycles. The van der Waals surface area contributed by atoms with Crippen molar-refractivity contribution in [2.24, 2.45) is 0 Å². The van der Waals surface area contributed by atoms with E-state index < -0.39 is 0 Å². The average molecular weight is 316 g/mol. The summed E-state index contributed by atoms with van der Waals surface area (Å²) in [6.45, 7) is 0. The van der Waals surface area contributed by atoms with Crippen molar-refractivity contribution in [1.82, 2.24) is 15.0 Å². The molecular weight excluding hydrogens is 304 g/mol. The molecule has 0 aliphatic heterocycles. The zero-order chi connectivity index (χ0) is 15.6. The number of rotatable bonds is 3. The summed E-state index contributed by atoms with van der Waals surface area (Å²) in [5.74, 6) is 0. The second-order valence-corrected chi connectivity index (χ2v) is 6.20. The van der Waals surface area contributed by atoms with Gasteiger partial charge in [0, 0.05) is 16.7 Å². The Morgan fingerprint density at radius 3 is 2.74 bits per heavy atom. The largest absolute Gasteiger partial charge is 0.215 e. The molecule has 2 aromatic heterocycles. The first-order valence-corrected chi connectivity index (χ1v) is 8.10. The Morgan fingerprint density at radius 1 is 1.04 bits per heavy atom. The van der Waals surface area contributed by atoms with Crippen LogP contribution in [0.25, 0.3) is 16.5 Å². The van der Waals surface area contributed by atoms with Gasteiger partial charge in [-0.05, 0) is 22.9 Å². The van der Waals surface area contributed by atoms with Gasteiger partial charge in [-0.1, -0.05) is 47.7 Å². The van der Waals surface area contributed by atoms with Crippen molar-refractivity contribution >= 4 is 22.1 Å². The second kappa shape index (κ2) is 5.67. The van der Waals surface area contributed by atoms with Gasteiger partial charge in [0.05, 0.1) is 11.4 Å². The van der Waals surface area contributed by atoms with Gasteiger partial charge >= 0.3 is 0 Å². The molecule has 5 heteroatoms. The van der Waals surface area contributed by atoms with Crippen LogP contribution in [0.5, 0.6) is 0 Å². The molecule has 4 nitrogen and oxygen atoms in total. The van der Waals surface area contributed by atoms with Crippen molar-refractivity contribution in [2.75, 3.05) is 0 Å². The van der Waals surface area contributed by atoms with Crippen molar-refractivity contribution in [3.63, 3.8) is 0 Å². The Hall–Kier alpha value is -2.97. The van der Waals surface area contributed by atoms with Gasteiger partial charge in [-0.2, -0.15) is 5.26 Å². The maximum atomic E-state index is 9.36. The van der Waals surface area contributed by atoms with E-state index in [1.807, 2.05) is 35.7 Å². The Bertz CT molecular complexity index is 1000. The standard InChI is InChI=1S/C18H12N4S/c19-12-16-18(11-14-7-4-10-23-14)22(21-20-16)17-9-3-6-13-5-1-2-8-15(13)17/h1-10H,11H2. The molecule has 0 unspecified atom stereocenters. The van der Waals surface area contributed by atoms with Gasteiger partial charge in [-0.3, -0.25) is 0 Å². The van der Waals surface area contributed by atoms with Gasteiger partial charge in [0.1, 0.15) is 6.07 Å². The van der Waals surface area contributed by atoms with E-state index in [9.17, 15) is 5.26 Å². The number of thiophene rings is 1. The Balaban J connectivity index is 1.92. The molecule has 4 rings (SSSR count). The van der Waals surface area contributed by atoms with Crippen LogP contribution in [0, 0.1) is 11.3 Å². The highest BCUT2D eigenvalue weighted by Crippen LogP contribution is 2.25. The molecule has 0 saturated heterocycles. The maximum Gasteiger partial charge on any atom is 0.186 e. The highest BCUT2D eigenvalue weighted by atomic mass is 32.1. The molecule has 0 aliphatic carbocycles. The number of fused-ring (bicyclic) bond motifs is 1. The fourth-order valence-electron chi connectivity index (χ4n) is 2.71. The van der Waals surface area contributed by atoms with Gasteiger partial charge in [0.2, 0.25) is 0 Å². The molecule has 4 aromatic rings. The lowest BCUT2D eigenvalue weighted by atomic mass is 10.1. The van der Waals surface area contributed by atoms with Gasteiger partial charge in [0.15, 0.2) is 5.69 Å². The minimum absolute atomic E-state index is 0.381. The van der Waals surface area contributed by atoms with Crippen LogP contribution in [0.1, 0.15) is 16.3 Å². The molecule has 110 valence electrons. The number of hydrogen-bond donors (Lipinski definition) is 0. The zero-order valence-electron chi connectivity index (χ0n) is 12.2. The highest BCUT2D eigenvalue weighted by Gasteiger charge is 2.16. The van der Waals surface area contributed by atoms with Crippen LogP contribution in [0.3, 0.4) is 0 Å². The summed E-state index contributed by atoms with van der Waals surface area (Å²) in [5.41, 5.74) is 2.15. The number of benzene rings is 2. The number of aromatic nitrogens is 3. The van der Waals surface area contributed by atoms with Crippen LogP contribution in [-0.4, -0.2) is 15.0 Å². The first-order chi connectivity index (χ1) is 11.4. The molecule has 0 saturated carbocycles. The lowest BCUT2D eigenvalue weighted by Gasteiger charge is -2.09. The summed E-state index contributed by atoms with van der Waals surface area (Å²) in [6.07, 6.45) is 0.650. The molecule has 2 aromatic carbocycles. The van der Waals surface area contributed by atoms with E-state index >= 15 is 0 Å². The molecule has 23 heavy (non-hydrogen) atoms. The van der Waals surface area contributed by atoms with Crippen molar-refractivity contribution in [3.8, 4) is 11.8 Å². The van der Waals surface area contributed by atoms with Gasteiger partial charge in [-0.15, -0.1) is 16.4 Å². The van der Waals surface area contributed by atoms with Gasteiger partial charge in [-0.25, -0.2) is 4.68 Å². The first-order valence-electron chi connectivity index (χ1n) is 7.22. The van der Waals surface area contributed by atoms with Crippen molar-refractivity contribution in [2.45, 2.75) is 6.42 Å². The Labute approximate surface area is 137 Å². The number of nitrogens with zero attached hydrogens (tertiary/aromatic N) is 4. The minimum atomic E-state index is 0.381. The zero-order valence-corrected chi connectivity index (χ0v) is 13.0. The predicted molar refractivity (Wildman–Crippen MR) is 90.7 cm³/mol. The van der Waals surface area contributed by atoms with Crippen LogP contribution >= 0.6 is 11.3 Å². The lowest BCUT2D eigenvalue weighted by Crippen LogP contribution is -2.04. The summed E-state index contributed by atoms with van der Waals surface area (Å²) in [5, 5.41) is 21.9. The van der Waals surface area contributed by atoms with E-state index in [0.29, 0.717) is 12.1 Å². The van der Waals surface area contributed by atoms with Crippen molar-refractivity contribution in [3.05, 3.63) is 76.2 Å². The minimum Gasteiger partial charge on any atom is -0.215 e. The molecular formula is C18H12N4S. The molecule has 0 spiro atoms. The number of nitriles is 1. The quantitative estimate of drug-likeness (QED) is 0.575. The van der Waals surface area contributed by atoms with Crippen molar-refractivity contribution < 1.29 is 0 Å². The highest BCUT2D eigenvalue weighted by molar-refractivity contribution is 7.09. The lowest BCUT2D eigenvalue weighted by molar-refractivity contribution is 0.779. The topological polar surface area (TPSA) is 54.5 Å². The Kier molecular flexibility index (Phi) is 3.37. The molecule has 0 atom stereocenters. The first kappa shape index (κ1) is 13.7. The summed E-state index contributed by atoms with van der Waals surface area (Å²) >= 11 is 1.67. The summed E-state index contributed by atoms with van der Waals surface area (Å²) < 4.78 is 1.79. The van der Waals surface area contributed by atoms with E-state index in [4.69, 9.17) is 0 Å². The second-order valence-electron chi connectivity index (χ2n) is 5.16. The fourth-order valence-corrected chi connectivity index (χ4v) is 3.42. The normalized spacial score (nSPS) is 10.7. The van der Waals surface area contributed by atoms with E-state index in [1.165, 1.54) is 4.88 Å². The fraction of sp³-hybridized carbons (Fsp3) is 0.0556. The van der Waals surface area contributed by atoms with E-state index in [2.05, 4.69) is 40.6 Å². The summed E-state index contributed by atoms with van der Waals surface area (Å²) in [4.78, 5) is 1.19. The predicted octanol–water partition coefficient (Wildman–Crippen LogP) is 3.94. The molecule has 0 N–H and O–H groups in total.